The molecule has 2 N–H and O–H groups in total. The summed E-state index contributed by atoms with van der Waals surface area (Å²) in [6, 6.07) is 8.60. The van der Waals surface area contributed by atoms with E-state index in [4.69, 9.17) is 5.26 Å². The highest BCUT2D eigenvalue weighted by atomic mass is 16.2. The van der Waals surface area contributed by atoms with Crippen LogP contribution < -0.4 is 10.6 Å². The lowest BCUT2D eigenvalue weighted by Crippen LogP contribution is -2.53. The first-order valence-corrected chi connectivity index (χ1v) is 9.96. The van der Waals surface area contributed by atoms with Crippen LogP contribution in [-0.2, 0) is 17.9 Å². The number of fused-ring (bicyclic) bond motifs is 1. The first kappa shape index (κ1) is 21.5. The zero-order valence-electron chi connectivity index (χ0n) is 18.1. The van der Waals surface area contributed by atoms with Crippen molar-refractivity contribution < 1.29 is 9.59 Å². The van der Waals surface area contributed by atoms with Gasteiger partial charge in [0.05, 0.1) is 17.3 Å². The van der Waals surface area contributed by atoms with Gasteiger partial charge >= 0.3 is 0 Å². The van der Waals surface area contributed by atoms with E-state index in [0.717, 1.165) is 17.8 Å². The Hall–Kier alpha value is -3.18. The summed E-state index contributed by atoms with van der Waals surface area (Å²) in [5, 5.41) is 14.6. The highest BCUT2D eigenvalue weighted by Crippen LogP contribution is 2.27. The molecule has 2 amide bonds. The van der Waals surface area contributed by atoms with Crippen molar-refractivity contribution in [3.05, 3.63) is 41.2 Å². The van der Waals surface area contributed by atoms with Gasteiger partial charge in [0.15, 0.2) is 5.69 Å². The van der Waals surface area contributed by atoms with E-state index in [2.05, 4.69) is 31.2 Å². The maximum atomic E-state index is 13.2. The van der Waals surface area contributed by atoms with Gasteiger partial charge in [-0.15, -0.1) is 0 Å². The third kappa shape index (κ3) is 4.21. The minimum absolute atomic E-state index is 0.242. The van der Waals surface area contributed by atoms with Crippen LogP contribution in [0.2, 0.25) is 0 Å². The molecule has 1 aliphatic heterocycles. The second-order valence-electron chi connectivity index (χ2n) is 8.70. The van der Waals surface area contributed by atoms with Crippen LogP contribution in [0.25, 0.3) is 11.4 Å². The van der Waals surface area contributed by atoms with Crippen LogP contribution >= 0.6 is 0 Å². The number of imidazole rings is 1. The summed E-state index contributed by atoms with van der Waals surface area (Å²) in [6.45, 7) is 7.87. The third-order valence-electron chi connectivity index (χ3n) is 5.33. The topological polar surface area (TPSA) is 103 Å². The van der Waals surface area contributed by atoms with E-state index in [0.29, 0.717) is 30.2 Å². The Morgan fingerprint density at radius 1 is 1.20 bits per heavy atom. The van der Waals surface area contributed by atoms with Crippen LogP contribution in [0, 0.1) is 16.7 Å². The number of benzene rings is 1. The molecule has 0 radical (unpaired) electrons. The Kier molecular flexibility index (Phi) is 5.94. The molecule has 3 rings (SSSR count). The molecule has 0 unspecified atom stereocenters. The Morgan fingerprint density at radius 2 is 1.87 bits per heavy atom. The fourth-order valence-electron chi connectivity index (χ4n) is 3.61. The maximum absolute atomic E-state index is 13.2. The lowest BCUT2D eigenvalue weighted by molar-refractivity contribution is -0.124. The van der Waals surface area contributed by atoms with Crippen molar-refractivity contribution in [2.24, 2.45) is 5.41 Å². The molecule has 1 aromatic heterocycles. The van der Waals surface area contributed by atoms with Crippen molar-refractivity contribution in [3.8, 4) is 17.5 Å². The second-order valence-corrected chi connectivity index (χ2v) is 8.70. The zero-order valence-corrected chi connectivity index (χ0v) is 18.1. The summed E-state index contributed by atoms with van der Waals surface area (Å²) < 4.78 is 2.06. The molecule has 0 fully saturated rings. The number of nitrogens with zero attached hydrogens (tertiary/aromatic N) is 4. The smallest absolute Gasteiger partial charge is 0.272 e. The molecule has 2 aromatic rings. The van der Waals surface area contributed by atoms with Gasteiger partial charge in [-0.2, -0.15) is 5.26 Å². The number of likely N-dealkylation sites (N-methyl/N-ethyl adjacent to an activating group) is 2. The number of aromatic nitrogens is 2. The number of nitrogens with one attached hydrogen (secondary N) is 2. The molecular weight excluding hydrogens is 380 g/mol. The lowest BCUT2D eigenvalue weighted by atomic mass is 9.86. The van der Waals surface area contributed by atoms with Gasteiger partial charge < -0.3 is 15.2 Å². The molecule has 1 atom stereocenters. The van der Waals surface area contributed by atoms with E-state index >= 15 is 0 Å². The first-order valence-electron chi connectivity index (χ1n) is 9.96. The molecule has 0 aliphatic carbocycles. The quantitative estimate of drug-likeness (QED) is 0.802. The predicted octanol–water partition coefficient (Wildman–Crippen LogP) is 1.76. The molecule has 8 nitrogen and oxygen atoms in total. The molecule has 1 aliphatic rings. The largest absolute Gasteiger partial charge is 0.357 e. The first-order chi connectivity index (χ1) is 14.2. The second kappa shape index (κ2) is 8.28. The van der Waals surface area contributed by atoms with Crippen LogP contribution in [0.1, 0.15) is 42.5 Å². The van der Waals surface area contributed by atoms with Gasteiger partial charge in [-0.25, -0.2) is 4.98 Å². The molecule has 8 heteroatoms. The normalized spacial score (nSPS) is 15.1. The van der Waals surface area contributed by atoms with Crippen LogP contribution in [-0.4, -0.2) is 52.9 Å². The van der Waals surface area contributed by atoms with Crippen molar-refractivity contribution in [2.45, 2.75) is 39.9 Å². The van der Waals surface area contributed by atoms with Crippen molar-refractivity contribution in [2.75, 3.05) is 20.6 Å². The summed E-state index contributed by atoms with van der Waals surface area (Å²) >= 11 is 0. The van der Waals surface area contributed by atoms with Gasteiger partial charge in [0.25, 0.3) is 5.91 Å². The Bertz CT molecular complexity index is 994. The molecule has 2 heterocycles. The average Bonchev–Trinajstić information content (AvgIpc) is 3.09. The molecule has 0 saturated heterocycles. The van der Waals surface area contributed by atoms with E-state index in [9.17, 15) is 9.59 Å². The third-order valence-corrected chi connectivity index (χ3v) is 5.33. The van der Waals surface area contributed by atoms with Gasteiger partial charge in [-0.1, -0.05) is 20.8 Å². The number of carbonyl (C=O) groups excluding carboxylic acids is 2. The van der Waals surface area contributed by atoms with Crippen molar-refractivity contribution in [1.29, 1.82) is 5.26 Å². The SMILES string of the molecule is CNC(=O)[C@@H](NC(=O)c1nc(-c2ccc(C#N)cc2)n2c1CN(C)CC2)C(C)(C)C. The standard InChI is InChI=1S/C22H28N6O2/c1-22(2,3)18(21(30)24-4)26-20(29)17-16-13-27(5)10-11-28(16)19(25-17)15-8-6-14(12-23)7-9-15/h6-9,18H,10-11,13H2,1-5H3,(H,24,30)(H,26,29)/t18-/m1/s1. The number of rotatable bonds is 4. The summed E-state index contributed by atoms with van der Waals surface area (Å²) in [6.07, 6.45) is 0. The molecule has 0 saturated carbocycles. The van der Waals surface area contributed by atoms with E-state index in [-0.39, 0.29) is 11.8 Å². The fourth-order valence-corrected chi connectivity index (χ4v) is 3.61. The molecule has 30 heavy (non-hydrogen) atoms. The number of nitriles is 1. The zero-order chi connectivity index (χ0) is 22.1. The number of carbonyl (C=O) groups is 2. The van der Waals surface area contributed by atoms with Crippen LogP contribution in [0.3, 0.4) is 0 Å². The van der Waals surface area contributed by atoms with Gasteiger partial charge in [0, 0.05) is 32.2 Å². The Balaban J connectivity index is 2.02. The molecular formula is C22H28N6O2. The van der Waals surface area contributed by atoms with Crippen LogP contribution in [0.15, 0.2) is 24.3 Å². The van der Waals surface area contributed by atoms with E-state index in [1.807, 2.05) is 40.0 Å². The summed E-state index contributed by atoms with van der Waals surface area (Å²) in [7, 11) is 3.56. The van der Waals surface area contributed by atoms with E-state index in [1.165, 1.54) is 0 Å². The minimum Gasteiger partial charge on any atom is -0.357 e. The lowest BCUT2D eigenvalue weighted by Gasteiger charge is -2.30. The molecule has 158 valence electrons. The van der Waals surface area contributed by atoms with E-state index < -0.39 is 11.5 Å². The van der Waals surface area contributed by atoms with Gasteiger partial charge in [-0.3, -0.25) is 14.5 Å². The highest BCUT2D eigenvalue weighted by Gasteiger charge is 2.34. The minimum atomic E-state index is -0.688. The van der Waals surface area contributed by atoms with Gasteiger partial charge in [-0.05, 0) is 36.7 Å². The van der Waals surface area contributed by atoms with Crippen molar-refractivity contribution >= 4 is 11.8 Å². The fraction of sp³-hybridized carbons (Fsp3) is 0.455. The van der Waals surface area contributed by atoms with Crippen molar-refractivity contribution in [3.63, 3.8) is 0 Å². The maximum Gasteiger partial charge on any atom is 0.272 e. The highest BCUT2D eigenvalue weighted by molar-refractivity contribution is 5.97. The summed E-state index contributed by atoms with van der Waals surface area (Å²) in [5.74, 6) is 0.0887. The van der Waals surface area contributed by atoms with Crippen LogP contribution in [0.4, 0.5) is 0 Å². The average molecular weight is 409 g/mol. The number of amides is 2. The number of hydrogen-bond acceptors (Lipinski definition) is 5. The monoisotopic (exact) mass is 408 g/mol. The van der Waals surface area contributed by atoms with Gasteiger partial charge in [0.2, 0.25) is 5.91 Å². The predicted molar refractivity (Wildman–Crippen MR) is 113 cm³/mol. The Labute approximate surface area is 176 Å². The van der Waals surface area contributed by atoms with E-state index in [1.54, 1.807) is 19.2 Å². The Morgan fingerprint density at radius 3 is 2.43 bits per heavy atom. The summed E-state index contributed by atoms with van der Waals surface area (Å²) in [4.78, 5) is 32.4. The molecule has 0 bridgehead atoms. The summed E-state index contributed by atoms with van der Waals surface area (Å²) in [5.41, 5.74) is 2.12. The molecule has 0 spiro atoms. The molecule has 1 aromatic carbocycles. The van der Waals surface area contributed by atoms with Gasteiger partial charge in [0.1, 0.15) is 11.9 Å². The van der Waals surface area contributed by atoms with Crippen molar-refractivity contribution in [1.82, 2.24) is 25.1 Å². The number of hydrogen-bond donors (Lipinski definition) is 2. The van der Waals surface area contributed by atoms with Crippen LogP contribution in [0.5, 0.6) is 0 Å².